The Hall–Kier alpha value is -0.380. The third kappa shape index (κ3) is 6.20. The highest BCUT2D eigenvalue weighted by Crippen LogP contribution is 2.07. The van der Waals surface area contributed by atoms with Gasteiger partial charge in [-0.05, 0) is 23.9 Å². The van der Waals surface area contributed by atoms with Crippen LogP contribution in [0.15, 0.2) is 17.5 Å². The molecule has 1 N–H and O–H groups in total. The summed E-state index contributed by atoms with van der Waals surface area (Å²) < 4.78 is 0. The summed E-state index contributed by atoms with van der Waals surface area (Å²) in [6.07, 6.45) is 1.28. The lowest BCUT2D eigenvalue weighted by Gasteiger charge is -2.23. The first-order chi connectivity index (χ1) is 8.26. The van der Waals surface area contributed by atoms with Gasteiger partial charge < -0.3 is 10.2 Å². The monoisotopic (exact) mass is 254 g/mol. The van der Waals surface area contributed by atoms with E-state index in [-0.39, 0.29) is 0 Å². The predicted octanol–water partition coefficient (Wildman–Crippen LogP) is 3.21. The maximum atomic E-state index is 3.51. The van der Waals surface area contributed by atoms with Gasteiger partial charge in [0.2, 0.25) is 0 Å². The zero-order chi connectivity index (χ0) is 12.5. The average molecular weight is 254 g/mol. The highest BCUT2D eigenvalue weighted by Gasteiger charge is 2.06. The molecule has 1 aromatic rings. The van der Waals surface area contributed by atoms with Gasteiger partial charge in [0.25, 0.3) is 0 Å². The van der Waals surface area contributed by atoms with E-state index in [1.54, 1.807) is 0 Å². The molecule has 1 heterocycles. The van der Waals surface area contributed by atoms with Gasteiger partial charge in [-0.25, -0.2) is 0 Å². The summed E-state index contributed by atoms with van der Waals surface area (Å²) in [7, 11) is 0. The normalized spacial score (nSPS) is 13.2. The first-order valence-corrected chi connectivity index (χ1v) is 7.59. The summed E-state index contributed by atoms with van der Waals surface area (Å²) in [5, 5.41) is 5.65. The minimum Gasteiger partial charge on any atom is -0.311 e. The molecule has 0 spiro atoms. The van der Waals surface area contributed by atoms with E-state index in [4.69, 9.17) is 0 Å². The van der Waals surface area contributed by atoms with Crippen LogP contribution in [0, 0.1) is 5.92 Å². The molecule has 0 bridgehead atoms. The Bertz CT molecular complexity index is 272. The van der Waals surface area contributed by atoms with Crippen molar-refractivity contribution in [2.45, 2.75) is 33.7 Å². The molecule has 1 aromatic heterocycles. The molecule has 0 amide bonds. The fraction of sp³-hybridized carbons (Fsp3) is 0.714. The number of hydrogen-bond acceptors (Lipinski definition) is 3. The van der Waals surface area contributed by atoms with E-state index in [1.807, 2.05) is 11.3 Å². The molecule has 0 aliphatic carbocycles. The van der Waals surface area contributed by atoms with Crippen molar-refractivity contribution in [2.24, 2.45) is 5.92 Å². The molecule has 0 radical (unpaired) electrons. The average Bonchev–Trinajstić information content (AvgIpc) is 2.85. The van der Waals surface area contributed by atoms with Crippen LogP contribution in [0.2, 0.25) is 0 Å². The van der Waals surface area contributed by atoms with E-state index in [1.165, 1.54) is 17.8 Å². The van der Waals surface area contributed by atoms with Gasteiger partial charge in [-0.3, -0.25) is 0 Å². The molecule has 1 atom stereocenters. The van der Waals surface area contributed by atoms with E-state index in [9.17, 15) is 0 Å². The first-order valence-electron chi connectivity index (χ1n) is 6.71. The molecular formula is C14H26N2S. The van der Waals surface area contributed by atoms with E-state index < -0.39 is 0 Å². The topological polar surface area (TPSA) is 15.3 Å². The second kappa shape index (κ2) is 8.67. The van der Waals surface area contributed by atoms with Crippen molar-refractivity contribution in [3.05, 3.63) is 22.4 Å². The number of likely N-dealkylation sites (N-methyl/N-ethyl adjacent to an activating group) is 1. The quantitative estimate of drug-likeness (QED) is 0.681. The van der Waals surface area contributed by atoms with Crippen LogP contribution in [-0.4, -0.2) is 31.1 Å². The van der Waals surface area contributed by atoms with E-state index in [0.717, 1.165) is 32.1 Å². The predicted molar refractivity (Wildman–Crippen MR) is 77.6 cm³/mol. The Labute approximate surface area is 110 Å². The van der Waals surface area contributed by atoms with Crippen molar-refractivity contribution < 1.29 is 0 Å². The zero-order valence-corrected chi connectivity index (χ0v) is 12.2. The van der Waals surface area contributed by atoms with Crippen LogP contribution in [0.25, 0.3) is 0 Å². The van der Waals surface area contributed by atoms with E-state index in [2.05, 4.69) is 48.5 Å². The lowest BCUT2D eigenvalue weighted by Crippen LogP contribution is -2.34. The van der Waals surface area contributed by atoms with Gasteiger partial charge in [-0.2, -0.15) is 0 Å². The molecule has 0 saturated heterocycles. The number of hydrogen-bond donors (Lipinski definition) is 1. The second-order valence-electron chi connectivity index (χ2n) is 4.66. The van der Waals surface area contributed by atoms with Crippen molar-refractivity contribution in [2.75, 3.05) is 26.2 Å². The summed E-state index contributed by atoms with van der Waals surface area (Å²) in [5.41, 5.74) is 0. The lowest BCUT2D eigenvalue weighted by molar-refractivity contribution is 0.245. The molecule has 0 aromatic carbocycles. The Morgan fingerprint density at radius 1 is 1.41 bits per heavy atom. The van der Waals surface area contributed by atoms with Crippen LogP contribution >= 0.6 is 11.3 Å². The summed E-state index contributed by atoms with van der Waals surface area (Å²) >= 11 is 1.83. The minimum atomic E-state index is 0.812. The number of rotatable bonds is 9. The second-order valence-corrected chi connectivity index (χ2v) is 5.70. The smallest absolute Gasteiger partial charge is 0.0300 e. The van der Waals surface area contributed by atoms with E-state index >= 15 is 0 Å². The van der Waals surface area contributed by atoms with Crippen molar-refractivity contribution in [1.82, 2.24) is 10.2 Å². The minimum absolute atomic E-state index is 0.812. The van der Waals surface area contributed by atoms with Crippen molar-refractivity contribution >= 4 is 11.3 Å². The molecular weight excluding hydrogens is 228 g/mol. The van der Waals surface area contributed by atoms with Crippen molar-refractivity contribution in [3.8, 4) is 0 Å². The van der Waals surface area contributed by atoms with Gasteiger partial charge in [0.1, 0.15) is 0 Å². The zero-order valence-electron chi connectivity index (χ0n) is 11.4. The Morgan fingerprint density at radius 2 is 2.24 bits per heavy atom. The Kier molecular flexibility index (Phi) is 7.49. The number of nitrogens with zero attached hydrogens (tertiary/aromatic N) is 1. The van der Waals surface area contributed by atoms with Crippen LogP contribution in [0.5, 0.6) is 0 Å². The molecule has 1 unspecified atom stereocenters. The highest BCUT2D eigenvalue weighted by atomic mass is 32.1. The fourth-order valence-corrected chi connectivity index (χ4v) is 2.48. The molecule has 17 heavy (non-hydrogen) atoms. The lowest BCUT2D eigenvalue weighted by atomic mass is 10.1. The SMILES string of the molecule is CCC(C)CN(CC)CCNCc1cccs1. The van der Waals surface area contributed by atoms with Crippen LogP contribution in [0.1, 0.15) is 32.1 Å². The largest absolute Gasteiger partial charge is 0.311 e. The van der Waals surface area contributed by atoms with Crippen molar-refractivity contribution in [1.29, 1.82) is 0 Å². The maximum Gasteiger partial charge on any atom is 0.0300 e. The standard InChI is InChI=1S/C14H26N2S/c1-4-13(3)12-16(5-2)9-8-15-11-14-7-6-10-17-14/h6-7,10,13,15H,4-5,8-9,11-12H2,1-3H3. The maximum absolute atomic E-state index is 3.51. The van der Waals surface area contributed by atoms with E-state index in [0.29, 0.717) is 0 Å². The van der Waals surface area contributed by atoms with Crippen LogP contribution < -0.4 is 5.32 Å². The molecule has 0 aliphatic heterocycles. The van der Waals surface area contributed by atoms with Gasteiger partial charge in [-0.1, -0.05) is 33.3 Å². The summed E-state index contributed by atoms with van der Waals surface area (Å²) in [6, 6.07) is 4.30. The molecule has 2 nitrogen and oxygen atoms in total. The summed E-state index contributed by atoms with van der Waals surface area (Å²) in [5.74, 6) is 0.812. The first kappa shape index (κ1) is 14.7. The van der Waals surface area contributed by atoms with Gasteiger partial charge in [0.15, 0.2) is 0 Å². The van der Waals surface area contributed by atoms with Gasteiger partial charge >= 0.3 is 0 Å². The summed E-state index contributed by atoms with van der Waals surface area (Å²) in [6.45, 7) is 12.5. The molecule has 0 saturated carbocycles. The Morgan fingerprint density at radius 3 is 2.82 bits per heavy atom. The number of nitrogens with one attached hydrogen (secondary N) is 1. The molecule has 0 fully saturated rings. The fourth-order valence-electron chi connectivity index (χ4n) is 1.81. The van der Waals surface area contributed by atoms with Gasteiger partial charge in [0.05, 0.1) is 0 Å². The van der Waals surface area contributed by atoms with Gasteiger partial charge in [-0.15, -0.1) is 11.3 Å². The van der Waals surface area contributed by atoms with Crippen LogP contribution in [0.4, 0.5) is 0 Å². The van der Waals surface area contributed by atoms with Crippen LogP contribution in [-0.2, 0) is 6.54 Å². The third-order valence-corrected chi connectivity index (χ3v) is 4.07. The van der Waals surface area contributed by atoms with Gasteiger partial charge in [0, 0.05) is 31.1 Å². The van der Waals surface area contributed by atoms with Crippen molar-refractivity contribution in [3.63, 3.8) is 0 Å². The molecule has 0 aliphatic rings. The molecule has 1 rings (SSSR count). The summed E-state index contributed by atoms with van der Waals surface area (Å²) in [4.78, 5) is 3.96. The molecule has 98 valence electrons. The third-order valence-electron chi connectivity index (χ3n) is 3.20. The highest BCUT2D eigenvalue weighted by molar-refractivity contribution is 7.09. The number of thiophene rings is 1. The Balaban J connectivity index is 2.11. The molecule has 3 heteroatoms. The van der Waals surface area contributed by atoms with Crippen LogP contribution in [0.3, 0.4) is 0 Å².